The molecule has 4 rings (SSSR count). The summed E-state index contributed by atoms with van der Waals surface area (Å²) in [5, 5.41) is 0. The van der Waals surface area contributed by atoms with Gasteiger partial charge in [0, 0.05) is 18.9 Å². The zero-order valence-corrected chi connectivity index (χ0v) is 24.6. The summed E-state index contributed by atoms with van der Waals surface area (Å²) in [4.78, 5) is 59.7. The Hall–Kier alpha value is -4.32. The van der Waals surface area contributed by atoms with Gasteiger partial charge in [-0.15, -0.1) is 0 Å². The van der Waals surface area contributed by atoms with E-state index in [1.54, 1.807) is 6.92 Å². The number of methoxy groups -OCH3 is 1. The van der Waals surface area contributed by atoms with E-state index in [1.165, 1.54) is 19.4 Å². The second kappa shape index (κ2) is 14.7. The normalized spacial score (nSPS) is 21.7. The number of amides is 1. The van der Waals surface area contributed by atoms with Gasteiger partial charge in [0.05, 0.1) is 18.9 Å². The maximum absolute atomic E-state index is 13.4. The van der Waals surface area contributed by atoms with E-state index < -0.39 is 61.1 Å². The van der Waals surface area contributed by atoms with Crippen LogP contribution in [0.25, 0.3) is 0 Å². The van der Waals surface area contributed by atoms with Gasteiger partial charge < -0.3 is 28.4 Å². The first kappa shape index (κ1) is 31.6. The highest BCUT2D eigenvalue weighted by Crippen LogP contribution is 2.32. The van der Waals surface area contributed by atoms with Crippen molar-refractivity contribution < 1.29 is 47.6 Å². The molecule has 2 fully saturated rings. The Morgan fingerprint density at radius 1 is 1.12 bits per heavy atom. The molecule has 0 radical (unpaired) electrons. The van der Waals surface area contributed by atoms with Gasteiger partial charge in [-0.2, -0.15) is 0 Å². The number of ether oxygens (including phenoxy) is 6. The van der Waals surface area contributed by atoms with Crippen LogP contribution in [0, 0.1) is 17.8 Å². The van der Waals surface area contributed by atoms with E-state index in [1.807, 2.05) is 44.2 Å². The molecule has 2 heterocycles. The summed E-state index contributed by atoms with van der Waals surface area (Å²) in [6, 6.07) is 10.8. The molecular formula is C31H36N2O10. The third-order valence-electron chi connectivity index (χ3n) is 6.80. The molecule has 43 heavy (non-hydrogen) atoms. The van der Waals surface area contributed by atoms with Gasteiger partial charge in [0.1, 0.15) is 18.8 Å². The van der Waals surface area contributed by atoms with Crippen molar-refractivity contribution in [3.63, 3.8) is 0 Å². The lowest BCUT2D eigenvalue weighted by molar-refractivity contribution is -0.163. The van der Waals surface area contributed by atoms with Crippen LogP contribution < -0.4 is 9.47 Å². The Morgan fingerprint density at radius 2 is 1.86 bits per heavy atom. The van der Waals surface area contributed by atoms with Gasteiger partial charge in [-0.3, -0.25) is 14.4 Å². The smallest absolute Gasteiger partial charge is 0.356 e. The van der Waals surface area contributed by atoms with Crippen molar-refractivity contribution >= 4 is 29.5 Å². The predicted molar refractivity (Wildman–Crippen MR) is 152 cm³/mol. The lowest BCUT2D eigenvalue weighted by Gasteiger charge is -2.30. The van der Waals surface area contributed by atoms with Crippen molar-refractivity contribution in [1.29, 1.82) is 0 Å². The number of carbonyl (C=O) groups excluding carboxylic acids is 4. The number of aromatic nitrogens is 1. The van der Waals surface area contributed by atoms with Crippen molar-refractivity contribution in [2.45, 2.75) is 52.2 Å². The SMILES string of the molecule is COc1ccnc(C(=O)/N=C2/COC(=O)C(Cc3ccccc3)C(OCC(C)C)[C@H](C)OC2=O)c1OCOC(=O)C1CC1. The zero-order chi connectivity index (χ0) is 30.9. The van der Waals surface area contributed by atoms with Crippen molar-refractivity contribution in [2.75, 3.05) is 27.1 Å². The number of cyclic esters (lactones) is 2. The number of hydrogen-bond acceptors (Lipinski definition) is 11. The summed E-state index contributed by atoms with van der Waals surface area (Å²) < 4.78 is 33.2. The third-order valence-corrected chi connectivity index (χ3v) is 6.80. The molecule has 0 spiro atoms. The number of nitrogens with zero attached hydrogens (tertiary/aromatic N) is 2. The number of aliphatic imine (C=N–C) groups is 1. The Balaban J connectivity index is 1.57. The average Bonchev–Trinajstić information content (AvgIpc) is 3.84. The van der Waals surface area contributed by atoms with Crippen LogP contribution in [0.5, 0.6) is 11.5 Å². The maximum Gasteiger partial charge on any atom is 0.356 e. The van der Waals surface area contributed by atoms with Crippen molar-refractivity contribution in [2.24, 2.45) is 22.7 Å². The number of benzene rings is 1. The lowest BCUT2D eigenvalue weighted by Crippen LogP contribution is -2.42. The monoisotopic (exact) mass is 596 g/mol. The minimum absolute atomic E-state index is 0.130. The van der Waals surface area contributed by atoms with Gasteiger partial charge >= 0.3 is 17.9 Å². The Labute approximate surface area is 249 Å². The van der Waals surface area contributed by atoms with Crippen LogP contribution >= 0.6 is 0 Å². The fraction of sp³-hybridized carbons (Fsp3) is 0.484. The molecule has 1 saturated carbocycles. The van der Waals surface area contributed by atoms with Crippen molar-refractivity contribution in [3.05, 3.63) is 53.9 Å². The van der Waals surface area contributed by atoms with Gasteiger partial charge in [0.2, 0.25) is 6.79 Å². The summed E-state index contributed by atoms with van der Waals surface area (Å²) in [5.41, 5.74) is 0.134. The Morgan fingerprint density at radius 3 is 2.53 bits per heavy atom. The molecule has 0 N–H and O–H groups in total. The molecule has 1 saturated heterocycles. The number of esters is 3. The second-order valence-corrected chi connectivity index (χ2v) is 10.8. The summed E-state index contributed by atoms with van der Waals surface area (Å²) in [6.45, 7) is 4.79. The first-order valence-corrected chi connectivity index (χ1v) is 14.1. The number of carbonyl (C=O) groups is 4. The van der Waals surface area contributed by atoms with Crippen LogP contribution in [-0.4, -0.2) is 73.8 Å². The summed E-state index contributed by atoms with van der Waals surface area (Å²) in [6.07, 6.45) is 1.41. The molecule has 1 aromatic carbocycles. The summed E-state index contributed by atoms with van der Waals surface area (Å²) >= 11 is 0. The number of hydrogen-bond donors (Lipinski definition) is 0. The van der Waals surface area contributed by atoms with Gasteiger partial charge in [0.25, 0.3) is 5.91 Å². The van der Waals surface area contributed by atoms with Gasteiger partial charge in [0.15, 0.2) is 22.9 Å². The number of rotatable bonds is 11. The van der Waals surface area contributed by atoms with Crippen LogP contribution in [0.15, 0.2) is 47.6 Å². The highest BCUT2D eigenvalue weighted by atomic mass is 16.7. The molecule has 2 aromatic rings. The first-order valence-electron chi connectivity index (χ1n) is 14.1. The van der Waals surface area contributed by atoms with Gasteiger partial charge in [-0.1, -0.05) is 44.2 Å². The van der Waals surface area contributed by atoms with E-state index >= 15 is 0 Å². The first-order chi connectivity index (χ1) is 20.7. The molecule has 12 nitrogen and oxygen atoms in total. The molecule has 3 atom stereocenters. The zero-order valence-electron chi connectivity index (χ0n) is 24.6. The number of pyridine rings is 1. The van der Waals surface area contributed by atoms with Crippen LogP contribution in [-0.2, 0) is 39.8 Å². The van der Waals surface area contributed by atoms with E-state index in [2.05, 4.69) is 9.98 Å². The molecule has 1 aromatic heterocycles. The van der Waals surface area contributed by atoms with Crippen molar-refractivity contribution in [3.8, 4) is 11.5 Å². The minimum atomic E-state index is -0.981. The fourth-order valence-corrected chi connectivity index (χ4v) is 4.41. The molecule has 0 bridgehead atoms. The minimum Gasteiger partial charge on any atom is -0.493 e. The highest BCUT2D eigenvalue weighted by Gasteiger charge is 2.39. The molecule has 12 heteroatoms. The predicted octanol–water partition coefficient (Wildman–Crippen LogP) is 3.35. The molecule has 1 aliphatic heterocycles. The van der Waals surface area contributed by atoms with E-state index in [9.17, 15) is 19.2 Å². The third kappa shape index (κ3) is 8.60. The van der Waals surface area contributed by atoms with Crippen LogP contribution in [0.1, 0.15) is 49.7 Å². The standard InChI is InChI=1S/C31H36N2O10/c1-18(2)15-39-26-19(3)43-31(37)23(16-40-30(36)22(26)14-20-8-6-5-7-9-20)33-28(34)25-27(24(38-4)12-13-32-25)41-17-42-29(35)21-10-11-21/h5-9,12-13,18-19,21-22,26H,10-11,14-17H2,1-4H3/b33-23-/t19-,22?,26?/m0/s1. The Kier molecular flexibility index (Phi) is 10.8. The van der Waals surface area contributed by atoms with E-state index in [0.717, 1.165) is 18.4 Å². The molecule has 2 aliphatic rings. The van der Waals surface area contributed by atoms with Gasteiger partial charge in [-0.05, 0) is 37.7 Å². The molecule has 2 unspecified atom stereocenters. The maximum atomic E-state index is 13.4. The van der Waals surface area contributed by atoms with Crippen molar-refractivity contribution in [1.82, 2.24) is 4.98 Å². The van der Waals surface area contributed by atoms with Gasteiger partial charge in [-0.25, -0.2) is 14.8 Å². The second-order valence-electron chi connectivity index (χ2n) is 10.8. The summed E-state index contributed by atoms with van der Waals surface area (Å²) in [7, 11) is 1.36. The molecular weight excluding hydrogens is 560 g/mol. The van der Waals surface area contributed by atoms with Crippen LogP contribution in [0.2, 0.25) is 0 Å². The quantitative estimate of drug-likeness (QED) is 0.214. The van der Waals surface area contributed by atoms with Crippen LogP contribution in [0.4, 0.5) is 0 Å². The Bertz CT molecular complexity index is 1340. The highest BCUT2D eigenvalue weighted by molar-refractivity contribution is 6.39. The van der Waals surface area contributed by atoms with E-state index in [0.29, 0.717) is 6.61 Å². The topological polar surface area (TPSA) is 149 Å². The molecule has 1 amide bonds. The van der Waals surface area contributed by atoms with E-state index in [-0.39, 0.29) is 35.4 Å². The fourth-order valence-electron chi connectivity index (χ4n) is 4.41. The average molecular weight is 597 g/mol. The van der Waals surface area contributed by atoms with E-state index in [4.69, 9.17) is 28.4 Å². The van der Waals surface area contributed by atoms with Crippen LogP contribution in [0.3, 0.4) is 0 Å². The summed E-state index contributed by atoms with van der Waals surface area (Å²) in [5.74, 6) is -3.73. The largest absolute Gasteiger partial charge is 0.493 e. The molecule has 1 aliphatic carbocycles. The molecule has 230 valence electrons. The lowest BCUT2D eigenvalue weighted by atomic mass is 9.91.